The molecule has 0 saturated heterocycles. The zero-order valence-electron chi connectivity index (χ0n) is 11.5. The van der Waals surface area contributed by atoms with Crippen LogP contribution in [0.4, 0.5) is 0 Å². The third kappa shape index (κ3) is 1.67. The highest BCUT2D eigenvalue weighted by Crippen LogP contribution is 2.65. The number of hydrogen-bond acceptors (Lipinski definition) is 2. The molecule has 4 atom stereocenters. The molecule has 98 valence electrons. The van der Waals surface area contributed by atoms with Gasteiger partial charge < -0.3 is 10.4 Å². The van der Waals surface area contributed by atoms with Gasteiger partial charge in [0.25, 0.3) is 0 Å². The third-order valence-electron chi connectivity index (χ3n) is 6.53. The minimum Gasteiger partial charge on any atom is -0.392 e. The van der Waals surface area contributed by atoms with Gasteiger partial charge in [0, 0.05) is 12.6 Å². The average molecular weight is 237 g/mol. The van der Waals surface area contributed by atoms with Crippen LogP contribution in [0.3, 0.4) is 0 Å². The van der Waals surface area contributed by atoms with Crippen molar-refractivity contribution in [2.45, 2.75) is 65.0 Å². The van der Waals surface area contributed by atoms with Crippen LogP contribution in [-0.4, -0.2) is 23.8 Å². The highest BCUT2D eigenvalue weighted by Gasteiger charge is 2.61. The van der Waals surface area contributed by atoms with Gasteiger partial charge in [0.05, 0.1) is 6.10 Å². The van der Waals surface area contributed by atoms with E-state index < -0.39 is 0 Å². The summed E-state index contributed by atoms with van der Waals surface area (Å²) in [6.45, 7) is 8.17. The van der Waals surface area contributed by atoms with Gasteiger partial charge in [-0.3, -0.25) is 0 Å². The van der Waals surface area contributed by atoms with E-state index in [1.807, 2.05) is 0 Å². The molecule has 0 spiro atoms. The maximum Gasteiger partial charge on any atom is 0.0692 e. The van der Waals surface area contributed by atoms with Gasteiger partial charge in [0.1, 0.15) is 0 Å². The fraction of sp³-hybridized carbons (Fsp3) is 1.00. The molecule has 3 fully saturated rings. The van der Waals surface area contributed by atoms with Gasteiger partial charge in [-0.1, -0.05) is 20.8 Å². The van der Waals surface area contributed by atoms with E-state index >= 15 is 0 Å². The molecule has 0 aromatic rings. The van der Waals surface area contributed by atoms with E-state index in [2.05, 4.69) is 26.1 Å². The first kappa shape index (κ1) is 12.0. The van der Waals surface area contributed by atoms with Crippen molar-refractivity contribution < 1.29 is 5.11 Å². The topological polar surface area (TPSA) is 32.3 Å². The Morgan fingerprint density at radius 2 is 1.94 bits per heavy atom. The van der Waals surface area contributed by atoms with Gasteiger partial charge in [-0.2, -0.15) is 0 Å². The Bertz CT molecular complexity index is 310. The molecule has 0 aliphatic heterocycles. The number of aliphatic hydroxyl groups is 1. The number of hydrogen-bond donors (Lipinski definition) is 2. The summed E-state index contributed by atoms with van der Waals surface area (Å²) in [4.78, 5) is 0. The molecule has 3 saturated carbocycles. The van der Waals surface area contributed by atoms with Crippen LogP contribution in [-0.2, 0) is 0 Å². The molecule has 0 heterocycles. The second kappa shape index (κ2) is 3.71. The quantitative estimate of drug-likeness (QED) is 0.787. The van der Waals surface area contributed by atoms with E-state index in [9.17, 15) is 5.11 Å². The van der Waals surface area contributed by atoms with Crippen LogP contribution in [0.25, 0.3) is 0 Å². The van der Waals surface area contributed by atoms with Crippen molar-refractivity contribution in [3.05, 3.63) is 0 Å². The molecule has 17 heavy (non-hydrogen) atoms. The summed E-state index contributed by atoms with van der Waals surface area (Å²) in [6.07, 6.45) is 6.47. The summed E-state index contributed by atoms with van der Waals surface area (Å²) in [7, 11) is 0. The largest absolute Gasteiger partial charge is 0.392 e. The molecule has 0 aromatic carbocycles. The lowest BCUT2D eigenvalue weighted by Crippen LogP contribution is -2.47. The van der Waals surface area contributed by atoms with Crippen LogP contribution in [0.2, 0.25) is 0 Å². The minimum absolute atomic E-state index is 0.0964. The van der Waals surface area contributed by atoms with Gasteiger partial charge in [-0.25, -0.2) is 0 Å². The minimum atomic E-state index is -0.0964. The Balaban J connectivity index is 1.62. The molecular weight excluding hydrogens is 210 g/mol. The van der Waals surface area contributed by atoms with Crippen molar-refractivity contribution in [2.75, 3.05) is 6.54 Å². The van der Waals surface area contributed by atoms with Gasteiger partial charge in [-0.15, -0.1) is 0 Å². The number of rotatable bonds is 4. The van der Waals surface area contributed by atoms with Crippen LogP contribution in [0.5, 0.6) is 0 Å². The van der Waals surface area contributed by atoms with Crippen LogP contribution >= 0.6 is 0 Å². The predicted molar refractivity (Wildman–Crippen MR) is 69.8 cm³/mol. The fourth-order valence-corrected chi connectivity index (χ4v) is 4.42. The molecule has 2 bridgehead atoms. The standard InChI is InChI=1S/C15H27NO/c1-14(2)11-6-7-15(14,3)13(8-11)16-9-12(17)10-4-5-10/h10-13,16-17H,4-9H2,1-3H3. The first-order valence-corrected chi connectivity index (χ1v) is 7.36. The predicted octanol–water partition coefficient (Wildman–Crippen LogP) is 2.56. The Hall–Kier alpha value is -0.0800. The maximum absolute atomic E-state index is 9.97. The van der Waals surface area contributed by atoms with E-state index in [4.69, 9.17) is 0 Å². The summed E-state index contributed by atoms with van der Waals surface area (Å²) in [5, 5.41) is 13.7. The van der Waals surface area contributed by atoms with Crippen LogP contribution in [0.1, 0.15) is 52.9 Å². The second-order valence-electron chi connectivity index (χ2n) is 7.48. The SMILES string of the molecule is CC1(C)C2CCC1(C)C(NCC(O)C1CC1)C2. The summed E-state index contributed by atoms with van der Waals surface area (Å²) in [5.74, 6) is 1.49. The Kier molecular flexibility index (Phi) is 2.61. The first-order valence-electron chi connectivity index (χ1n) is 7.36. The molecule has 2 nitrogen and oxygen atoms in total. The lowest BCUT2D eigenvalue weighted by molar-refractivity contribution is 0.0991. The van der Waals surface area contributed by atoms with E-state index in [0.29, 0.717) is 22.8 Å². The lowest BCUT2D eigenvalue weighted by Gasteiger charge is -2.40. The van der Waals surface area contributed by atoms with Crippen molar-refractivity contribution >= 4 is 0 Å². The van der Waals surface area contributed by atoms with Gasteiger partial charge >= 0.3 is 0 Å². The van der Waals surface area contributed by atoms with E-state index in [-0.39, 0.29) is 6.10 Å². The molecule has 0 amide bonds. The van der Waals surface area contributed by atoms with Crippen LogP contribution in [0.15, 0.2) is 0 Å². The zero-order chi connectivity index (χ0) is 12.3. The van der Waals surface area contributed by atoms with Crippen molar-refractivity contribution in [1.82, 2.24) is 5.32 Å². The van der Waals surface area contributed by atoms with Crippen molar-refractivity contribution in [3.63, 3.8) is 0 Å². The molecule has 2 heteroatoms. The maximum atomic E-state index is 9.97. The summed E-state index contributed by atoms with van der Waals surface area (Å²) >= 11 is 0. The number of aliphatic hydroxyl groups excluding tert-OH is 1. The first-order chi connectivity index (χ1) is 7.95. The van der Waals surface area contributed by atoms with E-state index in [1.54, 1.807) is 0 Å². The van der Waals surface area contributed by atoms with Crippen molar-refractivity contribution in [2.24, 2.45) is 22.7 Å². The second-order valence-corrected chi connectivity index (χ2v) is 7.48. The molecule has 0 aromatic heterocycles. The normalized spacial score (nSPS) is 45.2. The van der Waals surface area contributed by atoms with Gasteiger partial charge in [-0.05, 0) is 54.8 Å². The molecule has 3 aliphatic rings. The molecule has 2 N–H and O–H groups in total. The van der Waals surface area contributed by atoms with Crippen molar-refractivity contribution in [3.8, 4) is 0 Å². The number of nitrogens with one attached hydrogen (secondary N) is 1. The summed E-state index contributed by atoms with van der Waals surface area (Å²) in [5.41, 5.74) is 0.927. The van der Waals surface area contributed by atoms with E-state index in [0.717, 1.165) is 12.5 Å². The molecule has 3 rings (SSSR count). The summed E-state index contributed by atoms with van der Waals surface area (Å²) in [6, 6.07) is 0.629. The third-order valence-corrected chi connectivity index (χ3v) is 6.53. The molecule has 3 aliphatic carbocycles. The van der Waals surface area contributed by atoms with E-state index in [1.165, 1.54) is 32.1 Å². The van der Waals surface area contributed by atoms with Gasteiger partial charge in [0.15, 0.2) is 0 Å². The lowest BCUT2D eigenvalue weighted by atomic mass is 9.69. The van der Waals surface area contributed by atoms with Crippen LogP contribution < -0.4 is 5.32 Å². The molecule has 0 radical (unpaired) electrons. The Morgan fingerprint density at radius 3 is 2.41 bits per heavy atom. The Labute approximate surface area is 105 Å². The number of fused-ring (bicyclic) bond motifs is 2. The average Bonchev–Trinajstić information content (AvgIpc) is 3.05. The fourth-order valence-electron chi connectivity index (χ4n) is 4.42. The smallest absolute Gasteiger partial charge is 0.0692 e. The van der Waals surface area contributed by atoms with Gasteiger partial charge in [0.2, 0.25) is 0 Å². The highest BCUT2D eigenvalue weighted by molar-refractivity contribution is 5.13. The van der Waals surface area contributed by atoms with Crippen LogP contribution in [0, 0.1) is 22.7 Å². The monoisotopic (exact) mass is 237 g/mol. The highest BCUT2D eigenvalue weighted by atomic mass is 16.3. The van der Waals surface area contributed by atoms with Crippen molar-refractivity contribution in [1.29, 1.82) is 0 Å². The summed E-state index contributed by atoms with van der Waals surface area (Å²) < 4.78 is 0. The molecule has 4 unspecified atom stereocenters. The Morgan fingerprint density at radius 1 is 1.24 bits per heavy atom. The zero-order valence-corrected chi connectivity index (χ0v) is 11.5. The molecular formula is C15H27NO.